The van der Waals surface area contributed by atoms with E-state index in [1.165, 1.54) is 19.2 Å². The Bertz CT molecular complexity index is 936. The zero-order valence-corrected chi connectivity index (χ0v) is 18.5. The number of carbonyl (C=O) groups excluding carboxylic acids is 1. The number of morpholine rings is 1. The third kappa shape index (κ3) is 5.43. The van der Waals surface area contributed by atoms with Gasteiger partial charge in [0.1, 0.15) is 5.75 Å². The lowest BCUT2D eigenvalue weighted by molar-refractivity contribution is 0.0974. The lowest BCUT2D eigenvalue weighted by Crippen LogP contribution is -2.38. The minimum Gasteiger partial charge on any atom is -0.494 e. The van der Waals surface area contributed by atoms with Crippen molar-refractivity contribution in [2.75, 3.05) is 43.6 Å². The number of thiocarbonyl (C=S) groups is 1. The molecule has 0 atom stereocenters. The van der Waals surface area contributed by atoms with Crippen LogP contribution in [0.3, 0.4) is 0 Å². The number of hydrogen-bond donors (Lipinski definition) is 2. The first-order valence-electron chi connectivity index (χ1n) is 8.66. The Morgan fingerprint density at radius 1 is 1.14 bits per heavy atom. The predicted molar refractivity (Wildman–Crippen MR) is 121 cm³/mol. The minimum atomic E-state index is -0.501. The van der Waals surface area contributed by atoms with Gasteiger partial charge in [-0.1, -0.05) is 34.8 Å². The summed E-state index contributed by atoms with van der Waals surface area (Å²) in [6, 6.07) is 8.42. The van der Waals surface area contributed by atoms with E-state index in [2.05, 4.69) is 15.5 Å². The quantitative estimate of drug-likeness (QED) is 0.631. The van der Waals surface area contributed by atoms with Crippen LogP contribution in [0.5, 0.6) is 5.75 Å². The first kappa shape index (κ1) is 21.9. The Balaban J connectivity index is 1.78. The van der Waals surface area contributed by atoms with Crippen LogP contribution in [-0.4, -0.2) is 44.4 Å². The summed E-state index contributed by atoms with van der Waals surface area (Å²) >= 11 is 23.6. The summed E-state index contributed by atoms with van der Waals surface area (Å²) in [4.78, 5) is 14.9. The fraction of sp³-hybridized carbons (Fsp3) is 0.263. The van der Waals surface area contributed by atoms with Gasteiger partial charge in [-0.3, -0.25) is 10.1 Å². The molecule has 0 saturated carbocycles. The monoisotopic (exact) mass is 473 g/mol. The molecule has 2 aromatic rings. The molecule has 0 aromatic heterocycles. The maximum Gasteiger partial charge on any atom is 0.261 e. The molecule has 2 aromatic carbocycles. The molecule has 1 amide bonds. The number of nitrogens with zero attached hydrogens (tertiary/aromatic N) is 1. The molecule has 1 saturated heterocycles. The van der Waals surface area contributed by atoms with Crippen LogP contribution in [0.2, 0.25) is 15.1 Å². The largest absolute Gasteiger partial charge is 0.494 e. The van der Waals surface area contributed by atoms with E-state index in [1.54, 1.807) is 12.1 Å². The Hall–Kier alpha value is -1.77. The number of benzene rings is 2. The smallest absolute Gasteiger partial charge is 0.261 e. The second kappa shape index (κ2) is 9.82. The summed E-state index contributed by atoms with van der Waals surface area (Å²) in [6.45, 7) is 2.76. The van der Waals surface area contributed by atoms with Crippen LogP contribution in [0, 0.1) is 0 Å². The van der Waals surface area contributed by atoms with E-state index in [1.807, 2.05) is 6.07 Å². The SMILES string of the molecule is COc1c(Cl)cc(Cl)cc1C(=O)NC(=S)Nc1cc(Cl)ccc1N1CCOCC1. The number of hydrogen-bond acceptors (Lipinski definition) is 5. The Morgan fingerprint density at radius 3 is 2.55 bits per heavy atom. The summed E-state index contributed by atoms with van der Waals surface area (Å²) in [7, 11) is 1.42. The van der Waals surface area contributed by atoms with Crippen molar-refractivity contribution in [3.05, 3.63) is 51.0 Å². The number of rotatable bonds is 4. The molecule has 1 aliphatic rings. The van der Waals surface area contributed by atoms with Crippen molar-refractivity contribution in [1.29, 1.82) is 0 Å². The second-order valence-corrected chi connectivity index (χ2v) is 7.83. The fourth-order valence-electron chi connectivity index (χ4n) is 2.95. The Morgan fingerprint density at radius 2 is 1.86 bits per heavy atom. The van der Waals surface area contributed by atoms with Gasteiger partial charge in [0, 0.05) is 23.1 Å². The van der Waals surface area contributed by atoms with Gasteiger partial charge in [0.15, 0.2) is 5.11 Å². The van der Waals surface area contributed by atoms with E-state index >= 15 is 0 Å². The highest BCUT2D eigenvalue weighted by atomic mass is 35.5. The van der Waals surface area contributed by atoms with E-state index in [4.69, 9.17) is 56.5 Å². The topological polar surface area (TPSA) is 62.8 Å². The van der Waals surface area contributed by atoms with Crippen molar-refractivity contribution >= 4 is 69.4 Å². The number of methoxy groups -OCH3 is 1. The molecule has 3 rings (SSSR count). The molecule has 1 heterocycles. The number of amides is 1. The van der Waals surface area contributed by atoms with Crippen LogP contribution < -0.4 is 20.3 Å². The molecule has 0 radical (unpaired) electrons. The van der Waals surface area contributed by atoms with E-state index in [9.17, 15) is 4.79 Å². The average Bonchev–Trinajstić information content (AvgIpc) is 2.68. The highest BCUT2D eigenvalue weighted by molar-refractivity contribution is 7.80. The van der Waals surface area contributed by atoms with Crippen LogP contribution in [0.4, 0.5) is 11.4 Å². The van der Waals surface area contributed by atoms with E-state index in [0.717, 1.165) is 18.8 Å². The first-order chi connectivity index (χ1) is 13.9. The van der Waals surface area contributed by atoms with Gasteiger partial charge in [0.25, 0.3) is 5.91 Å². The maximum absolute atomic E-state index is 12.7. The zero-order chi connectivity index (χ0) is 21.0. The van der Waals surface area contributed by atoms with Gasteiger partial charge in [-0.15, -0.1) is 0 Å². The molecule has 10 heteroatoms. The average molecular weight is 475 g/mol. The third-order valence-electron chi connectivity index (χ3n) is 4.24. The highest BCUT2D eigenvalue weighted by Crippen LogP contribution is 2.32. The van der Waals surface area contributed by atoms with Crippen molar-refractivity contribution in [1.82, 2.24) is 5.32 Å². The molecule has 29 heavy (non-hydrogen) atoms. The number of ether oxygens (including phenoxy) is 2. The first-order valence-corrected chi connectivity index (χ1v) is 10.2. The van der Waals surface area contributed by atoms with E-state index < -0.39 is 5.91 Å². The van der Waals surface area contributed by atoms with Crippen LogP contribution in [0.1, 0.15) is 10.4 Å². The third-order valence-corrected chi connectivity index (χ3v) is 5.18. The summed E-state index contributed by atoms with van der Waals surface area (Å²) in [5, 5.41) is 6.85. The van der Waals surface area contributed by atoms with Gasteiger partial charge in [0.2, 0.25) is 0 Å². The molecule has 6 nitrogen and oxygen atoms in total. The van der Waals surface area contributed by atoms with Crippen molar-refractivity contribution < 1.29 is 14.3 Å². The number of anilines is 2. The fourth-order valence-corrected chi connectivity index (χ4v) is 3.89. The van der Waals surface area contributed by atoms with Gasteiger partial charge in [0.05, 0.1) is 42.3 Å². The highest BCUT2D eigenvalue weighted by Gasteiger charge is 2.19. The zero-order valence-electron chi connectivity index (χ0n) is 15.4. The lowest BCUT2D eigenvalue weighted by atomic mass is 10.2. The van der Waals surface area contributed by atoms with Gasteiger partial charge in [-0.2, -0.15) is 0 Å². The standard InChI is InChI=1S/C19H18Cl3N3O3S/c1-27-17-13(8-12(21)9-14(17)22)18(26)24-19(29)23-15-10-11(20)2-3-16(15)25-4-6-28-7-5-25/h2-3,8-10H,4-7H2,1H3,(H2,23,24,26,29). The molecule has 2 N–H and O–H groups in total. The van der Waals surface area contributed by atoms with Crippen LogP contribution in [0.15, 0.2) is 30.3 Å². The molecule has 154 valence electrons. The summed E-state index contributed by atoms with van der Waals surface area (Å²) in [5.41, 5.74) is 1.77. The van der Waals surface area contributed by atoms with Crippen LogP contribution in [-0.2, 0) is 4.74 Å². The van der Waals surface area contributed by atoms with Gasteiger partial charge in [-0.05, 0) is 42.5 Å². The molecule has 0 spiro atoms. The second-order valence-electron chi connectivity index (χ2n) is 6.14. The van der Waals surface area contributed by atoms with Crippen molar-refractivity contribution in [3.8, 4) is 5.75 Å². The normalized spacial score (nSPS) is 13.7. The molecule has 1 fully saturated rings. The summed E-state index contributed by atoms with van der Waals surface area (Å²) < 4.78 is 10.6. The summed E-state index contributed by atoms with van der Waals surface area (Å²) in [6.07, 6.45) is 0. The molecule has 0 aliphatic carbocycles. The molecule has 0 unspecified atom stereocenters. The molecular weight excluding hydrogens is 457 g/mol. The van der Waals surface area contributed by atoms with Crippen LogP contribution in [0.25, 0.3) is 0 Å². The lowest BCUT2D eigenvalue weighted by Gasteiger charge is -2.30. The number of carbonyl (C=O) groups is 1. The Labute approximate surface area is 189 Å². The summed E-state index contributed by atoms with van der Waals surface area (Å²) in [5.74, 6) is -0.285. The molecular formula is C19H18Cl3N3O3S. The Kier molecular flexibility index (Phi) is 7.43. The van der Waals surface area contributed by atoms with E-state index in [0.29, 0.717) is 28.9 Å². The number of halogens is 3. The predicted octanol–water partition coefficient (Wildman–Crippen LogP) is 4.62. The maximum atomic E-state index is 12.7. The molecule has 0 bridgehead atoms. The van der Waals surface area contributed by atoms with Gasteiger partial charge >= 0.3 is 0 Å². The van der Waals surface area contributed by atoms with Gasteiger partial charge in [-0.25, -0.2) is 0 Å². The van der Waals surface area contributed by atoms with E-state index in [-0.39, 0.29) is 21.4 Å². The number of nitrogens with one attached hydrogen (secondary N) is 2. The van der Waals surface area contributed by atoms with Gasteiger partial charge < -0.3 is 19.7 Å². The van der Waals surface area contributed by atoms with Crippen molar-refractivity contribution in [2.45, 2.75) is 0 Å². The van der Waals surface area contributed by atoms with Crippen LogP contribution >= 0.6 is 47.0 Å². The molecule has 1 aliphatic heterocycles. The van der Waals surface area contributed by atoms with Crippen molar-refractivity contribution in [3.63, 3.8) is 0 Å². The minimum absolute atomic E-state index is 0.102. The van der Waals surface area contributed by atoms with Crippen molar-refractivity contribution in [2.24, 2.45) is 0 Å².